The van der Waals surface area contributed by atoms with Crippen LogP contribution in [0.2, 0.25) is 5.02 Å². The zero-order chi connectivity index (χ0) is 11.0. The first kappa shape index (κ1) is 9.94. The van der Waals surface area contributed by atoms with Crippen LogP contribution in [0.3, 0.4) is 0 Å². The molecule has 0 spiro atoms. The van der Waals surface area contributed by atoms with Crippen molar-refractivity contribution in [1.29, 1.82) is 0 Å². The number of aliphatic imine (C=N–C) groups is 1. The molecule has 1 aliphatic rings. The Hall–Kier alpha value is -1.25. The molecule has 2 aromatic carbocycles. The van der Waals surface area contributed by atoms with Gasteiger partial charge in [-0.25, -0.2) is 0 Å². The van der Waals surface area contributed by atoms with Gasteiger partial charge in [-0.2, -0.15) is 0 Å². The summed E-state index contributed by atoms with van der Waals surface area (Å²) in [5.74, 6) is 0. The Labute approximate surface area is 103 Å². The van der Waals surface area contributed by atoms with E-state index in [1.807, 2.05) is 42.6 Å². The molecule has 0 aliphatic carbocycles. The number of hydrogen-bond acceptors (Lipinski definition) is 2. The average molecular weight is 246 g/mol. The Morgan fingerprint density at radius 2 is 1.88 bits per heavy atom. The third kappa shape index (κ3) is 1.75. The summed E-state index contributed by atoms with van der Waals surface area (Å²) < 4.78 is 0. The van der Waals surface area contributed by atoms with E-state index in [1.54, 1.807) is 11.8 Å². The van der Waals surface area contributed by atoms with Gasteiger partial charge in [0.2, 0.25) is 0 Å². The Morgan fingerprint density at radius 3 is 2.81 bits per heavy atom. The first-order valence-electron chi connectivity index (χ1n) is 4.93. The van der Waals surface area contributed by atoms with Crippen molar-refractivity contribution < 1.29 is 0 Å². The zero-order valence-electron chi connectivity index (χ0n) is 8.35. The lowest BCUT2D eigenvalue weighted by Crippen LogP contribution is -1.83. The Balaban J connectivity index is 2.17. The molecule has 0 bridgehead atoms. The van der Waals surface area contributed by atoms with Crippen molar-refractivity contribution in [3.05, 3.63) is 53.1 Å². The van der Waals surface area contributed by atoms with Crippen LogP contribution in [0.15, 0.2) is 57.2 Å². The molecule has 0 unspecified atom stereocenters. The second-order valence-corrected chi connectivity index (χ2v) is 5.03. The molecule has 1 aliphatic heterocycles. The van der Waals surface area contributed by atoms with Crippen molar-refractivity contribution in [2.24, 2.45) is 4.99 Å². The van der Waals surface area contributed by atoms with Gasteiger partial charge in [-0.15, -0.1) is 0 Å². The van der Waals surface area contributed by atoms with E-state index in [1.165, 1.54) is 9.79 Å². The fourth-order valence-electron chi connectivity index (χ4n) is 1.62. The van der Waals surface area contributed by atoms with Gasteiger partial charge in [0.05, 0.1) is 5.69 Å². The van der Waals surface area contributed by atoms with Crippen LogP contribution in [0, 0.1) is 0 Å². The molecule has 0 amide bonds. The highest BCUT2D eigenvalue weighted by atomic mass is 35.5. The molecule has 0 saturated heterocycles. The number of halogens is 1. The first-order valence-corrected chi connectivity index (χ1v) is 6.13. The summed E-state index contributed by atoms with van der Waals surface area (Å²) >= 11 is 7.70. The number of fused-ring (bicyclic) bond motifs is 2. The highest BCUT2D eigenvalue weighted by molar-refractivity contribution is 7.99. The van der Waals surface area contributed by atoms with Gasteiger partial charge in [0.25, 0.3) is 0 Å². The molecule has 3 heteroatoms. The van der Waals surface area contributed by atoms with Crippen LogP contribution in [0.1, 0.15) is 5.56 Å². The Bertz CT molecular complexity index is 578. The van der Waals surface area contributed by atoms with E-state index in [0.717, 1.165) is 16.3 Å². The smallest absolute Gasteiger partial charge is 0.0769 e. The number of nitrogens with zero attached hydrogens (tertiary/aromatic N) is 1. The van der Waals surface area contributed by atoms with Gasteiger partial charge in [0.15, 0.2) is 0 Å². The lowest BCUT2D eigenvalue weighted by Gasteiger charge is -2.04. The number of rotatable bonds is 0. The lowest BCUT2D eigenvalue weighted by atomic mass is 10.2. The van der Waals surface area contributed by atoms with E-state index in [9.17, 15) is 0 Å². The molecular formula is C13H8ClNS. The van der Waals surface area contributed by atoms with Crippen molar-refractivity contribution in [2.45, 2.75) is 9.79 Å². The van der Waals surface area contributed by atoms with Crippen LogP contribution in [0.4, 0.5) is 5.69 Å². The summed E-state index contributed by atoms with van der Waals surface area (Å²) in [5, 5.41) is 0.747. The topological polar surface area (TPSA) is 12.4 Å². The molecule has 0 saturated carbocycles. The van der Waals surface area contributed by atoms with Gasteiger partial charge in [-0.3, -0.25) is 4.99 Å². The third-order valence-corrected chi connectivity index (χ3v) is 3.79. The number of benzene rings is 2. The quantitative estimate of drug-likeness (QED) is 0.566. The average Bonchev–Trinajstić information content (AvgIpc) is 2.48. The molecule has 0 radical (unpaired) electrons. The van der Waals surface area contributed by atoms with E-state index < -0.39 is 0 Å². The second kappa shape index (κ2) is 3.96. The molecule has 16 heavy (non-hydrogen) atoms. The highest BCUT2D eigenvalue weighted by Gasteiger charge is 2.10. The first-order chi connectivity index (χ1) is 7.83. The van der Waals surface area contributed by atoms with Crippen LogP contribution in [0.25, 0.3) is 0 Å². The molecule has 2 aromatic rings. The zero-order valence-corrected chi connectivity index (χ0v) is 9.92. The van der Waals surface area contributed by atoms with Crippen molar-refractivity contribution in [1.82, 2.24) is 0 Å². The molecule has 0 N–H and O–H groups in total. The Morgan fingerprint density at radius 1 is 1.00 bits per heavy atom. The maximum absolute atomic E-state index is 5.97. The summed E-state index contributed by atoms with van der Waals surface area (Å²) in [7, 11) is 0. The molecular weight excluding hydrogens is 238 g/mol. The molecule has 78 valence electrons. The van der Waals surface area contributed by atoms with Crippen LogP contribution in [-0.4, -0.2) is 6.21 Å². The van der Waals surface area contributed by atoms with Crippen molar-refractivity contribution in [2.75, 3.05) is 0 Å². The van der Waals surface area contributed by atoms with Crippen LogP contribution >= 0.6 is 23.4 Å². The van der Waals surface area contributed by atoms with Crippen LogP contribution < -0.4 is 0 Å². The van der Waals surface area contributed by atoms with E-state index in [2.05, 4.69) is 11.1 Å². The summed E-state index contributed by atoms with van der Waals surface area (Å²) in [5.41, 5.74) is 2.09. The molecule has 1 heterocycles. The van der Waals surface area contributed by atoms with Gasteiger partial charge in [0.1, 0.15) is 0 Å². The van der Waals surface area contributed by atoms with E-state index in [-0.39, 0.29) is 0 Å². The summed E-state index contributed by atoms with van der Waals surface area (Å²) in [6, 6.07) is 14.0. The van der Waals surface area contributed by atoms with Crippen LogP contribution in [-0.2, 0) is 0 Å². The minimum absolute atomic E-state index is 0.747. The van der Waals surface area contributed by atoms with Crippen molar-refractivity contribution in [3.63, 3.8) is 0 Å². The number of para-hydroxylation sites is 1. The van der Waals surface area contributed by atoms with Crippen molar-refractivity contribution in [3.8, 4) is 0 Å². The van der Waals surface area contributed by atoms with Gasteiger partial charge >= 0.3 is 0 Å². The normalized spacial score (nSPS) is 12.8. The predicted molar refractivity (Wildman–Crippen MR) is 69.3 cm³/mol. The van der Waals surface area contributed by atoms with E-state index in [0.29, 0.717) is 0 Å². The van der Waals surface area contributed by atoms with E-state index in [4.69, 9.17) is 11.6 Å². The lowest BCUT2D eigenvalue weighted by molar-refractivity contribution is 1.39. The molecule has 0 atom stereocenters. The minimum atomic E-state index is 0.747. The predicted octanol–water partition coefficient (Wildman–Crippen LogP) is 4.56. The fraction of sp³-hybridized carbons (Fsp3) is 0. The summed E-state index contributed by atoms with van der Waals surface area (Å²) in [4.78, 5) is 6.84. The summed E-state index contributed by atoms with van der Waals surface area (Å²) in [6.07, 6.45) is 1.88. The molecule has 0 aromatic heterocycles. The highest BCUT2D eigenvalue weighted by Crippen LogP contribution is 2.39. The van der Waals surface area contributed by atoms with Gasteiger partial charge in [-0.1, -0.05) is 35.5 Å². The standard InChI is InChI=1S/C13H8ClNS/c14-10-5-6-12-9(7-10)8-15-11-3-1-2-4-13(11)16-12/h1-8H. The van der Waals surface area contributed by atoms with Crippen LogP contribution in [0.5, 0.6) is 0 Å². The molecule has 3 rings (SSSR count). The van der Waals surface area contributed by atoms with Gasteiger partial charge < -0.3 is 0 Å². The fourth-order valence-corrected chi connectivity index (χ4v) is 2.78. The van der Waals surface area contributed by atoms with E-state index >= 15 is 0 Å². The second-order valence-electron chi connectivity index (χ2n) is 3.51. The van der Waals surface area contributed by atoms with Gasteiger partial charge in [0, 0.05) is 26.6 Å². The maximum atomic E-state index is 5.97. The minimum Gasteiger partial charge on any atom is -0.255 e. The summed E-state index contributed by atoms with van der Waals surface area (Å²) in [6.45, 7) is 0. The largest absolute Gasteiger partial charge is 0.255 e. The van der Waals surface area contributed by atoms with Gasteiger partial charge in [-0.05, 0) is 30.3 Å². The number of hydrogen-bond donors (Lipinski definition) is 0. The third-order valence-electron chi connectivity index (χ3n) is 2.40. The molecule has 0 fully saturated rings. The maximum Gasteiger partial charge on any atom is 0.0769 e. The van der Waals surface area contributed by atoms with Crippen molar-refractivity contribution >= 4 is 35.3 Å². The monoisotopic (exact) mass is 245 g/mol. The SMILES string of the molecule is Clc1ccc2c(c1)C=Nc1ccccc1S2. The Kier molecular flexibility index (Phi) is 2.46. The molecule has 1 nitrogen and oxygen atoms in total.